The highest BCUT2D eigenvalue weighted by atomic mass is 32.2. The van der Waals surface area contributed by atoms with E-state index in [1.807, 2.05) is 0 Å². The number of benzene rings is 1. The second kappa shape index (κ2) is 6.90. The Morgan fingerprint density at radius 1 is 1.43 bits per heavy atom. The molecule has 0 fully saturated rings. The summed E-state index contributed by atoms with van der Waals surface area (Å²) in [5.74, 6) is 2.68. The van der Waals surface area contributed by atoms with Crippen molar-refractivity contribution in [1.82, 2.24) is 20.1 Å². The molecule has 5 nitrogen and oxygen atoms in total. The highest BCUT2D eigenvalue weighted by molar-refractivity contribution is 7.99. The van der Waals surface area contributed by atoms with Crippen molar-refractivity contribution >= 4 is 17.7 Å². The van der Waals surface area contributed by atoms with Gasteiger partial charge in [-0.3, -0.25) is 4.79 Å². The Morgan fingerprint density at radius 3 is 2.81 bits per heavy atom. The van der Waals surface area contributed by atoms with E-state index in [1.54, 1.807) is 23.7 Å². The molecular formula is C14H13FN4OS. The SMILES string of the molecule is C#CCNC(=O)CSc1nnc(-c2ccc(F)cc2)n1C. The van der Waals surface area contributed by atoms with Gasteiger partial charge in [-0.1, -0.05) is 17.7 Å². The molecule has 7 heteroatoms. The fraction of sp³-hybridized carbons (Fsp3) is 0.214. The first-order chi connectivity index (χ1) is 10.1. The van der Waals surface area contributed by atoms with Crippen molar-refractivity contribution in [2.24, 2.45) is 7.05 Å². The van der Waals surface area contributed by atoms with E-state index in [1.165, 1.54) is 23.9 Å². The molecule has 1 amide bonds. The van der Waals surface area contributed by atoms with Crippen molar-refractivity contribution in [1.29, 1.82) is 0 Å². The number of carbonyl (C=O) groups excluding carboxylic acids is 1. The van der Waals surface area contributed by atoms with E-state index in [2.05, 4.69) is 21.4 Å². The molecule has 0 bridgehead atoms. The zero-order valence-corrected chi connectivity index (χ0v) is 12.2. The molecule has 1 aromatic heterocycles. The van der Waals surface area contributed by atoms with Gasteiger partial charge in [0.15, 0.2) is 11.0 Å². The molecule has 0 saturated carbocycles. The van der Waals surface area contributed by atoms with Crippen LogP contribution in [0.15, 0.2) is 29.4 Å². The Balaban J connectivity index is 2.05. The predicted molar refractivity (Wildman–Crippen MR) is 79.0 cm³/mol. The van der Waals surface area contributed by atoms with Gasteiger partial charge in [0.25, 0.3) is 0 Å². The van der Waals surface area contributed by atoms with Crippen LogP contribution < -0.4 is 5.32 Å². The van der Waals surface area contributed by atoms with Gasteiger partial charge in [-0.05, 0) is 24.3 Å². The van der Waals surface area contributed by atoms with Gasteiger partial charge in [-0.2, -0.15) is 0 Å². The van der Waals surface area contributed by atoms with Crippen LogP contribution in [0, 0.1) is 18.2 Å². The predicted octanol–water partition coefficient (Wildman–Crippen LogP) is 1.46. The normalized spacial score (nSPS) is 10.1. The van der Waals surface area contributed by atoms with Crippen LogP contribution in [0.5, 0.6) is 0 Å². The molecule has 0 aliphatic heterocycles. The van der Waals surface area contributed by atoms with Crippen molar-refractivity contribution in [2.45, 2.75) is 5.16 Å². The van der Waals surface area contributed by atoms with E-state index in [-0.39, 0.29) is 24.0 Å². The highest BCUT2D eigenvalue weighted by Gasteiger charge is 2.12. The smallest absolute Gasteiger partial charge is 0.231 e. The molecule has 1 N–H and O–H groups in total. The fourth-order valence-electron chi connectivity index (χ4n) is 1.62. The van der Waals surface area contributed by atoms with Crippen LogP contribution in [0.2, 0.25) is 0 Å². The molecule has 2 rings (SSSR count). The summed E-state index contributed by atoms with van der Waals surface area (Å²) in [6.45, 7) is 0.207. The first-order valence-electron chi connectivity index (χ1n) is 6.10. The standard InChI is InChI=1S/C14H13FN4OS/c1-3-8-16-12(20)9-21-14-18-17-13(19(14)2)10-4-6-11(15)7-5-10/h1,4-7H,8-9H2,2H3,(H,16,20). The van der Waals surface area contributed by atoms with Crippen LogP contribution in [0.25, 0.3) is 11.4 Å². The maximum Gasteiger partial charge on any atom is 0.231 e. The Labute approximate surface area is 126 Å². The van der Waals surface area contributed by atoms with Crippen LogP contribution in [-0.2, 0) is 11.8 Å². The summed E-state index contributed by atoms with van der Waals surface area (Å²) >= 11 is 1.26. The molecule has 0 aliphatic rings. The van der Waals surface area contributed by atoms with Crippen LogP contribution in [0.3, 0.4) is 0 Å². The number of hydrogen-bond donors (Lipinski definition) is 1. The Kier molecular flexibility index (Phi) is 4.95. The average Bonchev–Trinajstić information content (AvgIpc) is 2.85. The number of rotatable bonds is 5. The molecule has 0 aliphatic carbocycles. The van der Waals surface area contributed by atoms with E-state index in [0.717, 1.165) is 5.56 Å². The minimum absolute atomic E-state index is 0.163. The summed E-state index contributed by atoms with van der Waals surface area (Å²) in [6.07, 6.45) is 5.06. The molecule has 1 aromatic carbocycles. The number of thioether (sulfide) groups is 1. The largest absolute Gasteiger partial charge is 0.344 e. The second-order valence-corrected chi connectivity index (χ2v) is 5.08. The van der Waals surface area contributed by atoms with Gasteiger partial charge >= 0.3 is 0 Å². The summed E-state index contributed by atoms with van der Waals surface area (Å²) in [4.78, 5) is 11.5. The van der Waals surface area contributed by atoms with Crippen molar-refractivity contribution in [3.63, 3.8) is 0 Å². The molecular weight excluding hydrogens is 291 g/mol. The second-order valence-electron chi connectivity index (χ2n) is 4.14. The summed E-state index contributed by atoms with van der Waals surface area (Å²) in [7, 11) is 1.79. The lowest BCUT2D eigenvalue weighted by Crippen LogP contribution is -2.25. The number of amides is 1. The number of terminal acetylenes is 1. The van der Waals surface area contributed by atoms with E-state index in [0.29, 0.717) is 11.0 Å². The molecule has 2 aromatic rings. The van der Waals surface area contributed by atoms with Gasteiger partial charge < -0.3 is 9.88 Å². The first-order valence-corrected chi connectivity index (χ1v) is 7.08. The maximum absolute atomic E-state index is 12.9. The zero-order chi connectivity index (χ0) is 15.2. The van der Waals surface area contributed by atoms with Gasteiger partial charge in [0.2, 0.25) is 5.91 Å². The lowest BCUT2D eigenvalue weighted by Gasteiger charge is -2.04. The minimum Gasteiger partial charge on any atom is -0.344 e. The average molecular weight is 304 g/mol. The quantitative estimate of drug-likeness (QED) is 0.671. The molecule has 1 heterocycles. The maximum atomic E-state index is 12.9. The molecule has 21 heavy (non-hydrogen) atoms. The van der Waals surface area contributed by atoms with Gasteiger partial charge in [-0.15, -0.1) is 16.6 Å². The number of nitrogens with zero attached hydrogens (tertiary/aromatic N) is 3. The molecule has 0 saturated heterocycles. The first kappa shape index (κ1) is 15.1. The number of halogens is 1. The molecule has 0 spiro atoms. The third-order valence-corrected chi connectivity index (χ3v) is 3.68. The van der Waals surface area contributed by atoms with Gasteiger partial charge in [0.05, 0.1) is 12.3 Å². The monoisotopic (exact) mass is 304 g/mol. The van der Waals surface area contributed by atoms with E-state index in [4.69, 9.17) is 6.42 Å². The van der Waals surface area contributed by atoms with E-state index < -0.39 is 0 Å². The van der Waals surface area contributed by atoms with Crippen molar-refractivity contribution in [3.8, 4) is 23.7 Å². The zero-order valence-electron chi connectivity index (χ0n) is 11.3. The summed E-state index contributed by atoms with van der Waals surface area (Å²) in [5, 5.41) is 11.3. The number of aromatic nitrogens is 3. The van der Waals surface area contributed by atoms with Crippen LogP contribution in [0.1, 0.15) is 0 Å². The minimum atomic E-state index is -0.305. The van der Waals surface area contributed by atoms with Crippen molar-refractivity contribution in [3.05, 3.63) is 30.1 Å². The van der Waals surface area contributed by atoms with Crippen LogP contribution in [0.4, 0.5) is 4.39 Å². The Hall–Kier alpha value is -2.33. The summed E-state index contributed by atoms with van der Waals surface area (Å²) in [6, 6.07) is 6.00. The van der Waals surface area contributed by atoms with Crippen LogP contribution in [-0.4, -0.2) is 33.0 Å². The van der Waals surface area contributed by atoms with E-state index >= 15 is 0 Å². The summed E-state index contributed by atoms with van der Waals surface area (Å²) < 4.78 is 14.7. The molecule has 108 valence electrons. The lowest BCUT2D eigenvalue weighted by molar-refractivity contribution is -0.118. The molecule has 0 unspecified atom stereocenters. The molecule has 0 radical (unpaired) electrons. The Bertz CT molecular complexity index is 675. The van der Waals surface area contributed by atoms with Gasteiger partial charge in [-0.25, -0.2) is 4.39 Å². The number of nitrogens with one attached hydrogen (secondary N) is 1. The number of carbonyl (C=O) groups is 1. The highest BCUT2D eigenvalue weighted by Crippen LogP contribution is 2.22. The van der Waals surface area contributed by atoms with Crippen molar-refractivity contribution in [2.75, 3.05) is 12.3 Å². The molecule has 0 atom stereocenters. The Morgan fingerprint density at radius 2 is 2.14 bits per heavy atom. The topological polar surface area (TPSA) is 59.8 Å². The fourth-order valence-corrected chi connectivity index (χ4v) is 2.36. The lowest BCUT2D eigenvalue weighted by atomic mass is 10.2. The third-order valence-electron chi connectivity index (χ3n) is 2.66. The summed E-state index contributed by atoms with van der Waals surface area (Å²) in [5.41, 5.74) is 0.759. The third kappa shape index (κ3) is 3.83. The van der Waals surface area contributed by atoms with E-state index in [9.17, 15) is 9.18 Å². The van der Waals surface area contributed by atoms with Gasteiger partial charge in [0, 0.05) is 12.6 Å². The van der Waals surface area contributed by atoms with Crippen molar-refractivity contribution < 1.29 is 9.18 Å². The van der Waals surface area contributed by atoms with Gasteiger partial charge in [0.1, 0.15) is 5.82 Å². The number of hydrogen-bond acceptors (Lipinski definition) is 4. The van der Waals surface area contributed by atoms with Crippen LogP contribution >= 0.6 is 11.8 Å².